The summed E-state index contributed by atoms with van der Waals surface area (Å²) in [6, 6.07) is 15.9. The summed E-state index contributed by atoms with van der Waals surface area (Å²) < 4.78 is 7.10. The van der Waals surface area contributed by atoms with E-state index in [2.05, 4.69) is 15.7 Å². The van der Waals surface area contributed by atoms with Crippen LogP contribution in [0.15, 0.2) is 60.9 Å². The van der Waals surface area contributed by atoms with Gasteiger partial charge < -0.3 is 15.4 Å². The third kappa shape index (κ3) is 4.58. The Morgan fingerprint density at radius 3 is 2.80 bits per heavy atom. The van der Waals surface area contributed by atoms with E-state index in [1.54, 1.807) is 13.3 Å². The van der Waals surface area contributed by atoms with Gasteiger partial charge in [-0.3, -0.25) is 4.68 Å². The average Bonchev–Trinajstić information content (AvgIpc) is 3.04. The molecule has 0 aliphatic rings. The van der Waals surface area contributed by atoms with Gasteiger partial charge >= 0.3 is 0 Å². The standard InChI is InChI=1S/C19H20N4OS/c1-14-6-3-4-9-18(14)22-19(25)21-16-11-20-23(13-16)12-15-7-5-8-17(10-15)24-2/h3-11,13H,12H2,1-2H3,(H2,21,22,25). The number of anilines is 2. The van der Waals surface area contributed by atoms with Crippen molar-refractivity contribution in [3.05, 3.63) is 72.1 Å². The maximum atomic E-state index is 5.37. The van der Waals surface area contributed by atoms with E-state index in [-0.39, 0.29) is 0 Å². The highest BCUT2D eigenvalue weighted by Gasteiger charge is 2.04. The molecule has 0 aliphatic carbocycles. The third-order valence-electron chi connectivity index (χ3n) is 3.76. The van der Waals surface area contributed by atoms with Gasteiger partial charge in [0.05, 0.1) is 25.5 Å². The molecule has 0 aliphatic heterocycles. The van der Waals surface area contributed by atoms with Gasteiger partial charge in [0.1, 0.15) is 5.75 Å². The second-order valence-corrected chi connectivity index (χ2v) is 6.08. The number of nitrogens with one attached hydrogen (secondary N) is 2. The first kappa shape index (κ1) is 17.0. The zero-order chi connectivity index (χ0) is 17.6. The molecule has 0 fully saturated rings. The van der Waals surface area contributed by atoms with Crippen molar-refractivity contribution in [1.82, 2.24) is 9.78 Å². The van der Waals surface area contributed by atoms with E-state index in [9.17, 15) is 0 Å². The summed E-state index contributed by atoms with van der Waals surface area (Å²) >= 11 is 5.37. The molecule has 0 atom stereocenters. The number of thiocarbonyl (C=S) groups is 1. The first-order valence-corrected chi connectivity index (χ1v) is 8.34. The topological polar surface area (TPSA) is 51.1 Å². The molecule has 1 aromatic heterocycles. The normalized spacial score (nSPS) is 10.3. The molecule has 1 heterocycles. The Morgan fingerprint density at radius 2 is 2.00 bits per heavy atom. The van der Waals surface area contributed by atoms with Crippen LogP contribution in [0.1, 0.15) is 11.1 Å². The van der Waals surface area contributed by atoms with Gasteiger partial charge in [-0.05, 0) is 48.5 Å². The smallest absolute Gasteiger partial charge is 0.175 e. The van der Waals surface area contributed by atoms with Crippen LogP contribution in [0.3, 0.4) is 0 Å². The van der Waals surface area contributed by atoms with Crippen molar-refractivity contribution >= 4 is 28.7 Å². The number of rotatable bonds is 5. The van der Waals surface area contributed by atoms with Crippen LogP contribution in [-0.2, 0) is 6.54 Å². The third-order valence-corrected chi connectivity index (χ3v) is 3.97. The highest BCUT2D eigenvalue weighted by molar-refractivity contribution is 7.80. The van der Waals surface area contributed by atoms with Gasteiger partial charge in [0.2, 0.25) is 0 Å². The molecule has 0 saturated heterocycles. The number of aromatic nitrogens is 2. The fourth-order valence-electron chi connectivity index (χ4n) is 2.47. The number of ether oxygens (including phenoxy) is 1. The minimum Gasteiger partial charge on any atom is -0.497 e. The Hall–Kier alpha value is -2.86. The van der Waals surface area contributed by atoms with Crippen molar-refractivity contribution in [1.29, 1.82) is 0 Å². The molecule has 3 aromatic rings. The van der Waals surface area contributed by atoms with Gasteiger partial charge in [-0.1, -0.05) is 30.3 Å². The summed E-state index contributed by atoms with van der Waals surface area (Å²) in [5, 5.41) is 11.3. The van der Waals surface area contributed by atoms with Crippen LogP contribution in [0.25, 0.3) is 0 Å². The van der Waals surface area contributed by atoms with Crippen molar-refractivity contribution in [3.8, 4) is 5.75 Å². The minimum atomic E-state index is 0.537. The first-order valence-electron chi connectivity index (χ1n) is 7.93. The second kappa shape index (κ2) is 7.81. The highest BCUT2D eigenvalue weighted by atomic mass is 32.1. The van der Waals surface area contributed by atoms with Crippen molar-refractivity contribution in [3.63, 3.8) is 0 Å². The molecule has 0 amide bonds. The van der Waals surface area contributed by atoms with Crippen LogP contribution in [-0.4, -0.2) is 22.0 Å². The fraction of sp³-hybridized carbons (Fsp3) is 0.158. The zero-order valence-electron chi connectivity index (χ0n) is 14.2. The van der Waals surface area contributed by atoms with Crippen LogP contribution in [0.2, 0.25) is 0 Å². The lowest BCUT2D eigenvalue weighted by Crippen LogP contribution is -2.19. The molecule has 2 aromatic carbocycles. The van der Waals surface area contributed by atoms with Crippen LogP contribution in [0.4, 0.5) is 11.4 Å². The fourth-order valence-corrected chi connectivity index (χ4v) is 2.70. The van der Waals surface area contributed by atoms with Crippen molar-refractivity contribution < 1.29 is 4.74 Å². The monoisotopic (exact) mass is 352 g/mol. The first-order chi connectivity index (χ1) is 12.1. The molecule has 3 rings (SSSR count). The Balaban J connectivity index is 1.61. The van der Waals surface area contributed by atoms with E-state index in [0.717, 1.165) is 28.3 Å². The number of aryl methyl sites for hydroxylation is 1. The Labute approximate surface area is 152 Å². The molecule has 5 nitrogen and oxygen atoms in total. The molecule has 2 N–H and O–H groups in total. The molecule has 0 bridgehead atoms. The van der Waals surface area contributed by atoms with Crippen LogP contribution in [0.5, 0.6) is 5.75 Å². The van der Waals surface area contributed by atoms with E-state index in [1.165, 1.54) is 0 Å². The molecule has 6 heteroatoms. The summed E-state index contributed by atoms with van der Waals surface area (Å²) in [5.74, 6) is 0.839. The lowest BCUT2D eigenvalue weighted by Gasteiger charge is -2.11. The van der Waals surface area contributed by atoms with E-state index in [4.69, 9.17) is 17.0 Å². The number of hydrogen-bond donors (Lipinski definition) is 2. The van der Waals surface area contributed by atoms with Gasteiger partial charge in [0, 0.05) is 11.9 Å². The maximum absolute atomic E-state index is 5.37. The molecule has 25 heavy (non-hydrogen) atoms. The molecular weight excluding hydrogens is 332 g/mol. The molecule has 0 saturated carbocycles. The largest absolute Gasteiger partial charge is 0.497 e. The number of hydrogen-bond acceptors (Lipinski definition) is 3. The van der Waals surface area contributed by atoms with Crippen LogP contribution in [0, 0.1) is 6.92 Å². The Bertz CT molecular complexity index is 875. The minimum absolute atomic E-state index is 0.537. The summed E-state index contributed by atoms with van der Waals surface area (Å²) in [7, 11) is 1.66. The second-order valence-electron chi connectivity index (χ2n) is 5.67. The molecule has 0 unspecified atom stereocenters. The molecule has 0 spiro atoms. The molecular formula is C19H20N4OS. The number of nitrogens with zero attached hydrogens (tertiary/aromatic N) is 2. The van der Waals surface area contributed by atoms with Crippen molar-refractivity contribution in [2.45, 2.75) is 13.5 Å². The quantitative estimate of drug-likeness (QED) is 0.678. The van der Waals surface area contributed by atoms with Gasteiger partial charge in [-0.2, -0.15) is 5.10 Å². The highest BCUT2D eigenvalue weighted by Crippen LogP contribution is 2.16. The lowest BCUT2D eigenvalue weighted by molar-refractivity contribution is 0.414. The van der Waals surface area contributed by atoms with Crippen molar-refractivity contribution in [2.75, 3.05) is 17.7 Å². The lowest BCUT2D eigenvalue weighted by atomic mass is 10.2. The SMILES string of the molecule is COc1cccc(Cn2cc(NC(=S)Nc3ccccc3C)cn2)c1. The summed E-state index contributed by atoms with van der Waals surface area (Å²) in [5.41, 5.74) is 4.09. The van der Waals surface area contributed by atoms with E-state index >= 15 is 0 Å². The van der Waals surface area contributed by atoms with Crippen molar-refractivity contribution in [2.24, 2.45) is 0 Å². The number of benzene rings is 2. The molecule has 0 radical (unpaired) electrons. The summed E-state index contributed by atoms with van der Waals surface area (Å²) in [4.78, 5) is 0. The van der Waals surface area contributed by atoms with Crippen LogP contribution < -0.4 is 15.4 Å². The van der Waals surface area contributed by atoms with E-state index in [1.807, 2.05) is 66.3 Å². The van der Waals surface area contributed by atoms with E-state index < -0.39 is 0 Å². The van der Waals surface area contributed by atoms with Gasteiger partial charge in [0.25, 0.3) is 0 Å². The van der Waals surface area contributed by atoms with Gasteiger partial charge in [-0.25, -0.2) is 0 Å². The summed E-state index contributed by atoms with van der Waals surface area (Å²) in [6.07, 6.45) is 3.68. The Kier molecular flexibility index (Phi) is 5.30. The maximum Gasteiger partial charge on any atom is 0.175 e. The van der Waals surface area contributed by atoms with Gasteiger partial charge in [0.15, 0.2) is 5.11 Å². The Morgan fingerprint density at radius 1 is 1.16 bits per heavy atom. The predicted molar refractivity (Wildman–Crippen MR) is 105 cm³/mol. The summed E-state index contributed by atoms with van der Waals surface area (Å²) in [6.45, 7) is 2.70. The van der Waals surface area contributed by atoms with E-state index in [0.29, 0.717) is 11.7 Å². The van der Waals surface area contributed by atoms with Gasteiger partial charge in [-0.15, -0.1) is 0 Å². The number of para-hydroxylation sites is 1. The average molecular weight is 352 g/mol. The zero-order valence-corrected chi connectivity index (χ0v) is 15.0. The number of methoxy groups -OCH3 is 1. The predicted octanol–water partition coefficient (Wildman–Crippen LogP) is 4.06. The molecule has 128 valence electrons. The van der Waals surface area contributed by atoms with Crippen LogP contribution >= 0.6 is 12.2 Å².